The van der Waals surface area contributed by atoms with Gasteiger partial charge in [0, 0.05) is 38.4 Å². The maximum absolute atomic E-state index is 13.4. The summed E-state index contributed by atoms with van der Waals surface area (Å²) in [5.41, 5.74) is 3.00. The highest BCUT2D eigenvalue weighted by molar-refractivity contribution is 5.83. The number of aromatic nitrogens is 2. The average molecular weight is 435 g/mol. The monoisotopic (exact) mass is 434 g/mol. The fraction of sp³-hybridized carbons (Fsp3) is 0.320. The summed E-state index contributed by atoms with van der Waals surface area (Å²) in [7, 11) is 0. The van der Waals surface area contributed by atoms with Crippen molar-refractivity contribution >= 4 is 11.8 Å². The van der Waals surface area contributed by atoms with Gasteiger partial charge in [0.1, 0.15) is 5.82 Å². The number of halogens is 1. The van der Waals surface area contributed by atoms with Crippen LogP contribution in [0.2, 0.25) is 0 Å². The third-order valence-corrected chi connectivity index (χ3v) is 5.89. The van der Waals surface area contributed by atoms with E-state index in [2.05, 4.69) is 10.4 Å². The van der Waals surface area contributed by atoms with Crippen molar-refractivity contribution < 1.29 is 14.0 Å². The van der Waals surface area contributed by atoms with Crippen LogP contribution in [0.3, 0.4) is 0 Å². The largest absolute Gasteiger partial charge is 0.352 e. The van der Waals surface area contributed by atoms with Crippen molar-refractivity contribution in [1.29, 1.82) is 0 Å². The van der Waals surface area contributed by atoms with Crippen molar-refractivity contribution in [2.45, 2.75) is 32.4 Å². The van der Waals surface area contributed by atoms with Gasteiger partial charge in [0.05, 0.1) is 12.5 Å². The van der Waals surface area contributed by atoms with Crippen LogP contribution in [0.1, 0.15) is 29.5 Å². The molecule has 1 aromatic heterocycles. The van der Waals surface area contributed by atoms with Crippen LogP contribution in [-0.4, -0.2) is 39.6 Å². The van der Waals surface area contributed by atoms with Gasteiger partial charge in [-0.1, -0.05) is 36.4 Å². The van der Waals surface area contributed by atoms with E-state index in [1.54, 1.807) is 17.2 Å². The topological polar surface area (TPSA) is 67.2 Å². The summed E-state index contributed by atoms with van der Waals surface area (Å²) in [5, 5.41) is 7.30. The van der Waals surface area contributed by atoms with E-state index in [1.807, 2.05) is 47.3 Å². The van der Waals surface area contributed by atoms with Gasteiger partial charge in [-0.2, -0.15) is 5.10 Å². The number of nitrogens with zero attached hydrogens (tertiary/aromatic N) is 3. The van der Waals surface area contributed by atoms with E-state index in [0.717, 1.165) is 16.7 Å². The molecule has 0 spiro atoms. The Bertz CT molecular complexity index is 1070. The molecule has 1 saturated heterocycles. The number of carbonyl (C=O) groups is 2. The van der Waals surface area contributed by atoms with Gasteiger partial charge in [-0.15, -0.1) is 0 Å². The lowest BCUT2D eigenvalue weighted by Gasteiger charge is -2.32. The summed E-state index contributed by atoms with van der Waals surface area (Å²) in [6.07, 6.45) is 5.13. The number of carbonyl (C=O) groups excluding carboxylic acids is 2. The number of benzene rings is 2. The quantitative estimate of drug-likeness (QED) is 0.592. The molecule has 2 heterocycles. The first-order valence-corrected chi connectivity index (χ1v) is 10.9. The van der Waals surface area contributed by atoms with Crippen molar-refractivity contribution in [2.75, 3.05) is 13.1 Å². The maximum atomic E-state index is 13.4. The molecule has 0 unspecified atom stereocenters. The van der Waals surface area contributed by atoms with Crippen LogP contribution in [0, 0.1) is 11.7 Å². The highest BCUT2D eigenvalue weighted by Crippen LogP contribution is 2.19. The minimum atomic E-state index is -0.280. The molecule has 3 aromatic rings. The summed E-state index contributed by atoms with van der Waals surface area (Å²) in [6.45, 7) is 1.96. The van der Waals surface area contributed by atoms with E-state index < -0.39 is 0 Å². The highest BCUT2D eigenvalue weighted by atomic mass is 19.1. The van der Waals surface area contributed by atoms with Crippen molar-refractivity contribution in [3.8, 4) is 0 Å². The number of hydrogen-bond acceptors (Lipinski definition) is 3. The van der Waals surface area contributed by atoms with E-state index >= 15 is 0 Å². The Morgan fingerprint density at radius 3 is 2.75 bits per heavy atom. The van der Waals surface area contributed by atoms with Gasteiger partial charge in [-0.3, -0.25) is 14.3 Å². The predicted octanol–water partition coefficient (Wildman–Crippen LogP) is 3.17. The number of amides is 2. The molecule has 0 saturated carbocycles. The number of hydrogen-bond donors (Lipinski definition) is 1. The van der Waals surface area contributed by atoms with Gasteiger partial charge >= 0.3 is 0 Å². The van der Waals surface area contributed by atoms with Crippen molar-refractivity contribution in [1.82, 2.24) is 20.0 Å². The summed E-state index contributed by atoms with van der Waals surface area (Å²) in [4.78, 5) is 26.9. The van der Waals surface area contributed by atoms with E-state index in [1.165, 1.54) is 12.1 Å². The molecule has 1 aliphatic heterocycles. The van der Waals surface area contributed by atoms with Crippen LogP contribution in [0.15, 0.2) is 67.0 Å². The molecular formula is C25H27FN4O2. The Morgan fingerprint density at radius 2 is 1.97 bits per heavy atom. The Morgan fingerprint density at radius 1 is 1.12 bits per heavy atom. The predicted molar refractivity (Wildman–Crippen MR) is 119 cm³/mol. The van der Waals surface area contributed by atoms with E-state index in [9.17, 15) is 14.0 Å². The molecule has 0 aliphatic carbocycles. The van der Waals surface area contributed by atoms with E-state index in [0.29, 0.717) is 45.4 Å². The molecule has 6 nitrogen and oxygen atoms in total. The van der Waals surface area contributed by atoms with Crippen LogP contribution >= 0.6 is 0 Å². The summed E-state index contributed by atoms with van der Waals surface area (Å²) >= 11 is 0. The van der Waals surface area contributed by atoms with Crippen molar-refractivity contribution in [2.24, 2.45) is 5.92 Å². The third-order valence-electron chi connectivity index (χ3n) is 5.89. The van der Waals surface area contributed by atoms with Gasteiger partial charge in [-0.25, -0.2) is 4.39 Å². The zero-order chi connectivity index (χ0) is 22.3. The molecule has 1 atom stereocenters. The van der Waals surface area contributed by atoms with Crippen LogP contribution in [-0.2, 0) is 29.1 Å². The molecule has 2 aromatic carbocycles. The number of nitrogens with one attached hydrogen (secondary N) is 1. The lowest BCUT2D eigenvalue weighted by atomic mass is 9.96. The van der Waals surface area contributed by atoms with E-state index in [-0.39, 0.29) is 23.5 Å². The Kier molecular flexibility index (Phi) is 6.94. The number of rotatable bonds is 8. The zero-order valence-electron chi connectivity index (χ0n) is 17.9. The smallest absolute Gasteiger partial charge is 0.225 e. The second kappa shape index (κ2) is 10.2. The lowest BCUT2D eigenvalue weighted by molar-refractivity contribution is -0.138. The third kappa shape index (κ3) is 5.60. The SMILES string of the molecule is O=C(NCc1ccccc1Cn1cccn1)[C@@H]1CCC(=O)N(CCc2cccc(F)c2)C1. The average Bonchev–Trinajstić information content (AvgIpc) is 3.31. The second-order valence-electron chi connectivity index (χ2n) is 8.15. The van der Waals surface area contributed by atoms with Gasteiger partial charge in [-0.05, 0) is 47.7 Å². The van der Waals surface area contributed by atoms with Crippen LogP contribution in [0.4, 0.5) is 4.39 Å². The summed E-state index contributed by atoms with van der Waals surface area (Å²) in [5.74, 6) is -0.506. The Hall–Kier alpha value is -3.48. The number of likely N-dealkylation sites (tertiary alicyclic amines) is 1. The van der Waals surface area contributed by atoms with Gasteiger partial charge in [0.2, 0.25) is 11.8 Å². The Balaban J connectivity index is 1.32. The molecule has 4 rings (SSSR count). The molecule has 166 valence electrons. The molecule has 1 aliphatic rings. The van der Waals surface area contributed by atoms with Crippen molar-refractivity contribution in [3.63, 3.8) is 0 Å². The first-order chi connectivity index (χ1) is 15.6. The summed E-state index contributed by atoms with van der Waals surface area (Å²) < 4.78 is 15.2. The lowest BCUT2D eigenvalue weighted by Crippen LogP contribution is -2.46. The maximum Gasteiger partial charge on any atom is 0.225 e. The Labute approximate surface area is 187 Å². The minimum Gasteiger partial charge on any atom is -0.352 e. The van der Waals surface area contributed by atoms with Crippen LogP contribution in [0.25, 0.3) is 0 Å². The fourth-order valence-corrected chi connectivity index (χ4v) is 4.08. The highest BCUT2D eigenvalue weighted by Gasteiger charge is 2.29. The molecule has 32 heavy (non-hydrogen) atoms. The molecule has 2 amide bonds. The summed E-state index contributed by atoms with van der Waals surface area (Å²) in [6, 6.07) is 16.3. The molecular weight excluding hydrogens is 407 g/mol. The fourth-order valence-electron chi connectivity index (χ4n) is 4.08. The molecule has 1 fully saturated rings. The van der Waals surface area contributed by atoms with E-state index in [4.69, 9.17) is 0 Å². The van der Waals surface area contributed by atoms with Crippen molar-refractivity contribution in [3.05, 3.63) is 89.5 Å². The van der Waals surface area contributed by atoms with Gasteiger partial charge in [0.15, 0.2) is 0 Å². The first kappa shape index (κ1) is 21.7. The standard InChI is InChI=1S/C25H27FN4O2/c26-23-8-3-5-19(15-23)11-14-29-17-22(9-10-24(29)31)25(32)27-16-20-6-1-2-7-21(20)18-30-13-4-12-28-30/h1-8,12-13,15,22H,9-11,14,16-18H2,(H,27,32)/t22-/m1/s1. The first-order valence-electron chi connectivity index (χ1n) is 10.9. The minimum absolute atomic E-state index is 0.0397. The number of piperidine rings is 1. The molecule has 7 heteroatoms. The molecule has 0 bridgehead atoms. The molecule has 0 radical (unpaired) electrons. The normalized spacial score (nSPS) is 16.2. The molecule has 1 N–H and O–H groups in total. The van der Waals surface area contributed by atoms with Gasteiger partial charge < -0.3 is 10.2 Å². The van der Waals surface area contributed by atoms with Crippen LogP contribution in [0.5, 0.6) is 0 Å². The zero-order valence-corrected chi connectivity index (χ0v) is 17.9. The van der Waals surface area contributed by atoms with Gasteiger partial charge in [0.25, 0.3) is 0 Å². The second-order valence-corrected chi connectivity index (χ2v) is 8.15. The van der Waals surface area contributed by atoms with Crippen LogP contribution < -0.4 is 5.32 Å².